The van der Waals surface area contributed by atoms with Crippen LogP contribution >= 0.6 is 0 Å². The summed E-state index contributed by atoms with van der Waals surface area (Å²) in [6.07, 6.45) is 0. The number of esters is 1. The third-order valence-corrected chi connectivity index (χ3v) is 3.25. The van der Waals surface area contributed by atoms with Crippen molar-refractivity contribution in [1.82, 2.24) is 15.5 Å². The first kappa shape index (κ1) is 14.3. The van der Waals surface area contributed by atoms with Crippen LogP contribution in [0.15, 0.2) is 30.3 Å². The number of ether oxygens (including phenoxy) is 1. The molecule has 0 saturated carbocycles. The van der Waals surface area contributed by atoms with Crippen molar-refractivity contribution in [2.45, 2.75) is 6.04 Å². The summed E-state index contributed by atoms with van der Waals surface area (Å²) >= 11 is 0. The highest BCUT2D eigenvalue weighted by Crippen LogP contribution is 2.13. The Morgan fingerprint density at radius 3 is 2.80 bits per heavy atom. The molecule has 6 heteroatoms. The zero-order valence-electron chi connectivity index (χ0n) is 11.5. The van der Waals surface area contributed by atoms with Gasteiger partial charge in [0.15, 0.2) is 0 Å². The minimum absolute atomic E-state index is 0.0545. The van der Waals surface area contributed by atoms with Crippen LogP contribution in [0.25, 0.3) is 0 Å². The van der Waals surface area contributed by atoms with Gasteiger partial charge in [0.25, 0.3) is 0 Å². The van der Waals surface area contributed by atoms with Gasteiger partial charge < -0.3 is 15.0 Å². The molecule has 0 spiro atoms. The summed E-state index contributed by atoms with van der Waals surface area (Å²) in [5.41, 5.74) is 0.852. The van der Waals surface area contributed by atoms with Crippen LogP contribution in [0, 0.1) is 0 Å². The average molecular weight is 277 g/mol. The number of carbonyl (C=O) groups is 2. The van der Waals surface area contributed by atoms with E-state index in [0.717, 1.165) is 5.56 Å². The number of hydrogen-bond acceptors (Lipinski definition) is 4. The van der Waals surface area contributed by atoms with E-state index in [2.05, 4.69) is 10.6 Å². The molecule has 20 heavy (non-hydrogen) atoms. The van der Waals surface area contributed by atoms with Crippen LogP contribution in [0.3, 0.4) is 0 Å². The predicted molar refractivity (Wildman–Crippen MR) is 74.2 cm³/mol. The summed E-state index contributed by atoms with van der Waals surface area (Å²) in [4.78, 5) is 24.9. The summed E-state index contributed by atoms with van der Waals surface area (Å²) in [5, 5.41) is 5.88. The van der Waals surface area contributed by atoms with Crippen LogP contribution in [-0.2, 0) is 9.53 Å². The molecule has 1 aliphatic rings. The number of nitrogens with zero attached hydrogens (tertiary/aromatic N) is 1. The molecule has 2 N–H and O–H groups in total. The Bertz CT molecular complexity index is 464. The van der Waals surface area contributed by atoms with E-state index in [1.807, 2.05) is 30.3 Å². The Balaban J connectivity index is 1.91. The lowest BCUT2D eigenvalue weighted by Crippen LogP contribution is -2.38. The van der Waals surface area contributed by atoms with E-state index in [-0.39, 0.29) is 12.0 Å². The largest absolute Gasteiger partial charge is 0.468 e. The van der Waals surface area contributed by atoms with Gasteiger partial charge in [0.1, 0.15) is 6.04 Å². The highest BCUT2D eigenvalue weighted by atomic mass is 16.5. The summed E-state index contributed by atoms with van der Waals surface area (Å²) in [6.45, 7) is 2.47. The van der Waals surface area contributed by atoms with Gasteiger partial charge in [-0.15, -0.1) is 0 Å². The minimum Gasteiger partial charge on any atom is -0.468 e. The molecule has 0 bridgehead atoms. The van der Waals surface area contributed by atoms with Gasteiger partial charge in [0, 0.05) is 26.2 Å². The van der Waals surface area contributed by atoms with Crippen molar-refractivity contribution in [1.29, 1.82) is 0 Å². The molecule has 1 aliphatic heterocycles. The van der Waals surface area contributed by atoms with Crippen LogP contribution in [-0.4, -0.2) is 50.2 Å². The lowest BCUT2D eigenvalue weighted by Gasteiger charge is -2.19. The summed E-state index contributed by atoms with van der Waals surface area (Å²) in [6, 6.07) is 8.83. The Morgan fingerprint density at radius 2 is 2.20 bits per heavy atom. The lowest BCUT2D eigenvalue weighted by molar-refractivity contribution is -0.143. The van der Waals surface area contributed by atoms with Crippen molar-refractivity contribution >= 4 is 12.0 Å². The van der Waals surface area contributed by atoms with E-state index in [9.17, 15) is 9.59 Å². The summed E-state index contributed by atoms with van der Waals surface area (Å²) in [7, 11) is 1.37. The van der Waals surface area contributed by atoms with Gasteiger partial charge in [-0.3, -0.25) is 5.32 Å². The maximum absolute atomic E-state index is 11.8. The third kappa shape index (κ3) is 3.48. The van der Waals surface area contributed by atoms with E-state index >= 15 is 0 Å². The smallest absolute Gasteiger partial charge is 0.327 e. The molecule has 6 nitrogen and oxygen atoms in total. The standard InChI is InChI=1S/C14H19N3O3/c1-20-13(18)12(11-5-3-2-4-6-11)15-7-9-17-10-8-16-14(17)19/h2-6,12,15H,7-10H2,1H3,(H,16,19). The highest BCUT2D eigenvalue weighted by Gasteiger charge is 2.22. The van der Waals surface area contributed by atoms with E-state index < -0.39 is 6.04 Å². The molecule has 1 aromatic carbocycles. The number of amides is 2. The topological polar surface area (TPSA) is 70.7 Å². The van der Waals surface area contributed by atoms with Gasteiger partial charge in [-0.1, -0.05) is 30.3 Å². The fraction of sp³-hybridized carbons (Fsp3) is 0.429. The molecular weight excluding hydrogens is 258 g/mol. The van der Waals surface area contributed by atoms with Gasteiger partial charge in [0.2, 0.25) is 0 Å². The highest BCUT2D eigenvalue weighted by molar-refractivity contribution is 5.77. The van der Waals surface area contributed by atoms with E-state index in [4.69, 9.17) is 4.74 Å². The normalized spacial score (nSPS) is 15.8. The van der Waals surface area contributed by atoms with Crippen molar-refractivity contribution in [3.63, 3.8) is 0 Å². The zero-order valence-corrected chi connectivity index (χ0v) is 11.5. The maximum Gasteiger partial charge on any atom is 0.327 e. The number of urea groups is 1. The molecule has 0 aliphatic carbocycles. The Morgan fingerprint density at radius 1 is 1.45 bits per heavy atom. The first-order chi connectivity index (χ1) is 9.72. The number of methoxy groups -OCH3 is 1. The SMILES string of the molecule is COC(=O)C(NCCN1CCNC1=O)c1ccccc1. The Kier molecular flexibility index (Phi) is 4.95. The maximum atomic E-state index is 11.8. The van der Waals surface area contributed by atoms with E-state index in [1.54, 1.807) is 4.90 Å². The third-order valence-electron chi connectivity index (χ3n) is 3.25. The lowest BCUT2D eigenvalue weighted by atomic mass is 10.1. The van der Waals surface area contributed by atoms with E-state index in [0.29, 0.717) is 26.2 Å². The first-order valence-corrected chi connectivity index (χ1v) is 6.61. The summed E-state index contributed by atoms with van der Waals surface area (Å²) < 4.78 is 4.82. The minimum atomic E-state index is -0.508. The fourth-order valence-electron chi connectivity index (χ4n) is 2.17. The van der Waals surface area contributed by atoms with Gasteiger partial charge in [-0.05, 0) is 5.56 Å². The second-order valence-electron chi connectivity index (χ2n) is 4.54. The molecule has 2 rings (SSSR count). The van der Waals surface area contributed by atoms with Gasteiger partial charge in [0.05, 0.1) is 7.11 Å². The van der Waals surface area contributed by atoms with Crippen molar-refractivity contribution < 1.29 is 14.3 Å². The van der Waals surface area contributed by atoms with Gasteiger partial charge in [-0.25, -0.2) is 9.59 Å². The fourth-order valence-corrected chi connectivity index (χ4v) is 2.17. The second kappa shape index (κ2) is 6.91. The number of nitrogens with one attached hydrogen (secondary N) is 2. The van der Waals surface area contributed by atoms with Gasteiger partial charge >= 0.3 is 12.0 Å². The molecule has 1 aromatic rings. The first-order valence-electron chi connectivity index (χ1n) is 6.61. The van der Waals surface area contributed by atoms with E-state index in [1.165, 1.54) is 7.11 Å². The molecule has 108 valence electrons. The number of hydrogen-bond donors (Lipinski definition) is 2. The molecular formula is C14H19N3O3. The second-order valence-corrected chi connectivity index (χ2v) is 4.54. The van der Waals surface area contributed by atoms with Crippen LogP contribution in [0.4, 0.5) is 4.79 Å². The summed E-state index contributed by atoms with van der Waals surface area (Å²) in [5.74, 6) is -0.331. The number of rotatable bonds is 6. The molecule has 1 saturated heterocycles. The molecule has 1 unspecified atom stereocenters. The number of benzene rings is 1. The quantitative estimate of drug-likeness (QED) is 0.744. The molecule has 0 aromatic heterocycles. The van der Waals surface area contributed by atoms with Crippen molar-refractivity contribution in [2.24, 2.45) is 0 Å². The number of carbonyl (C=O) groups excluding carboxylic acids is 2. The van der Waals surface area contributed by atoms with Crippen LogP contribution in [0.5, 0.6) is 0 Å². The average Bonchev–Trinajstić information content (AvgIpc) is 2.89. The zero-order chi connectivity index (χ0) is 14.4. The van der Waals surface area contributed by atoms with Crippen LogP contribution in [0.1, 0.15) is 11.6 Å². The Hall–Kier alpha value is -2.08. The molecule has 0 radical (unpaired) electrons. The van der Waals surface area contributed by atoms with Crippen molar-refractivity contribution in [2.75, 3.05) is 33.3 Å². The van der Waals surface area contributed by atoms with Gasteiger partial charge in [-0.2, -0.15) is 0 Å². The van der Waals surface area contributed by atoms with Crippen molar-refractivity contribution in [3.05, 3.63) is 35.9 Å². The molecule has 1 fully saturated rings. The van der Waals surface area contributed by atoms with Crippen LogP contribution in [0.2, 0.25) is 0 Å². The van der Waals surface area contributed by atoms with Crippen molar-refractivity contribution in [3.8, 4) is 0 Å². The molecule has 2 amide bonds. The molecule has 1 atom stereocenters. The Labute approximate surface area is 118 Å². The predicted octanol–water partition coefficient (Wildman–Crippen LogP) is 0.516. The van der Waals surface area contributed by atoms with Crippen LogP contribution < -0.4 is 10.6 Å². The monoisotopic (exact) mass is 277 g/mol. The molecule has 1 heterocycles.